The van der Waals surface area contributed by atoms with Crippen molar-refractivity contribution in [1.29, 1.82) is 0 Å². The van der Waals surface area contributed by atoms with Crippen LogP contribution < -0.4 is 20.5 Å². The number of thiophene rings is 1. The highest BCUT2D eigenvalue weighted by atomic mass is 32.1. The van der Waals surface area contributed by atoms with Gasteiger partial charge in [-0.3, -0.25) is 14.3 Å². The summed E-state index contributed by atoms with van der Waals surface area (Å²) in [5.74, 6) is -0.364. The topological polar surface area (TPSA) is 134 Å². The first kappa shape index (κ1) is 28.7. The average Bonchev–Trinajstić information content (AvgIpc) is 3.68. The smallest absolute Gasteiger partial charge is 0.433 e. The lowest BCUT2D eigenvalue weighted by atomic mass is 10.0. The molecule has 0 aliphatic carbocycles. The highest BCUT2D eigenvalue weighted by Gasteiger charge is 2.35. The van der Waals surface area contributed by atoms with Gasteiger partial charge in [0.25, 0.3) is 11.8 Å². The number of pyridine rings is 1. The maximum atomic E-state index is 13.8. The Morgan fingerprint density at radius 1 is 1.14 bits per heavy atom. The molecule has 0 aliphatic rings. The minimum atomic E-state index is -4.77. The molecule has 4 aromatic heterocycles. The summed E-state index contributed by atoms with van der Waals surface area (Å²) in [7, 11) is 1.53. The minimum Gasteiger partial charge on any atom is -0.497 e. The Bertz CT molecular complexity index is 1810. The number of aryl methyl sites for hydroxylation is 2. The number of methoxy groups -OCH3 is 1. The number of nitrogens with one attached hydrogen (secondary N) is 1. The van der Waals surface area contributed by atoms with Gasteiger partial charge in [0.1, 0.15) is 39.3 Å². The molecule has 0 aliphatic heterocycles. The Kier molecular flexibility index (Phi) is 7.65. The molecule has 0 atom stereocenters. The van der Waals surface area contributed by atoms with Crippen molar-refractivity contribution >= 4 is 39.1 Å². The van der Waals surface area contributed by atoms with Crippen LogP contribution in [0.2, 0.25) is 0 Å². The van der Waals surface area contributed by atoms with Gasteiger partial charge in [0, 0.05) is 29.8 Å². The number of primary amides is 1. The van der Waals surface area contributed by atoms with Crippen molar-refractivity contribution in [3.63, 3.8) is 0 Å². The quantitative estimate of drug-likeness (QED) is 0.211. The summed E-state index contributed by atoms with van der Waals surface area (Å²) < 4.78 is 59.5. The molecular formula is C28H24F3N5O5S. The Morgan fingerprint density at radius 2 is 1.90 bits per heavy atom. The number of carbonyl (C=O) groups excluding carboxylic acids is 2. The van der Waals surface area contributed by atoms with Crippen molar-refractivity contribution in [2.75, 3.05) is 12.4 Å². The first-order valence-corrected chi connectivity index (χ1v) is 13.4. The van der Waals surface area contributed by atoms with Crippen LogP contribution in [0.25, 0.3) is 21.3 Å². The summed E-state index contributed by atoms with van der Waals surface area (Å²) in [5.41, 5.74) is 5.29. The molecule has 5 rings (SSSR count). The number of carbonyl (C=O) groups is 2. The first-order chi connectivity index (χ1) is 20.0. The molecule has 3 N–H and O–H groups in total. The lowest BCUT2D eigenvalue weighted by molar-refractivity contribution is -0.140. The van der Waals surface area contributed by atoms with Gasteiger partial charge in [-0.15, -0.1) is 11.3 Å². The van der Waals surface area contributed by atoms with Crippen LogP contribution in [0.5, 0.6) is 11.5 Å². The number of ether oxygens (including phenoxy) is 2. The van der Waals surface area contributed by atoms with Crippen LogP contribution in [0.3, 0.4) is 0 Å². The Hall–Kier alpha value is -4.85. The van der Waals surface area contributed by atoms with Gasteiger partial charge >= 0.3 is 6.18 Å². The molecule has 42 heavy (non-hydrogen) atoms. The normalized spacial score (nSPS) is 11.6. The predicted octanol–water partition coefficient (Wildman–Crippen LogP) is 6.04. The number of amides is 2. The molecule has 10 nitrogen and oxygen atoms in total. The van der Waals surface area contributed by atoms with Crippen molar-refractivity contribution in [2.45, 2.75) is 33.2 Å². The number of alkyl halides is 3. The summed E-state index contributed by atoms with van der Waals surface area (Å²) in [6, 6.07) is 10.8. The van der Waals surface area contributed by atoms with Crippen LogP contribution in [0.1, 0.15) is 44.3 Å². The third-order valence-corrected chi connectivity index (χ3v) is 7.38. The number of halogens is 3. The number of nitrogens with two attached hydrogens (primary N) is 1. The number of hydrogen-bond donors (Lipinski definition) is 2. The fourth-order valence-corrected chi connectivity index (χ4v) is 5.30. The molecule has 1 aromatic carbocycles. The van der Waals surface area contributed by atoms with Crippen molar-refractivity contribution in [3.05, 3.63) is 76.4 Å². The molecule has 0 unspecified atom stereocenters. The number of benzene rings is 1. The van der Waals surface area contributed by atoms with E-state index in [1.807, 2.05) is 6.92 Å². The van der Waals surface area contributed by atoms with Gasteiger partial charge in [0.2, 0.25) is 0 Å². The molecule has 0 spiro atoms. The second-order valence-electron chi connectivity index (χ2n) is 9.08. The van der Waals surface area contributed by atoms with E-state index in [1.54, 1.807) is 48.1 Å². The van der Waals surface area contributed by atoms with E-state index in [4.69, 9.17) is 19.6 Å². The number of nitrogens with zero attached hydrogens (tertiary/aromatic N) is 3. The second kappa shape index (κ2) is 11.2. The molecule has 2 amide bonds. The fourth-order valence-electron chi connectivity index (χ4n) is 4.29. The molecule has 0 saturated carbocycles. The Balaban J connectivity index is 1.52. The fraction of sp³-hybridized carbons (Fsp3) is 0.214. The molecule has 218 valence electrons. The zero-order valence-corrected chi connectivity index (χ0v) is 23.4. The third-order valence-electron chi connectivity index (χ3n) is 6.28. The number of fused-ring (bicyclic) bond motifs is 1. The van der Waals surface area contributed by atoms with Crippen LogP contribution in [0.4, 0.5) is 18.9 Å². The van der Waals surface area contributed by atoms with Gasteiger partial charge in [-0.1, -0.05) is 6.07 Å². The SMILES string of the molecule is CCn1cc(-c2cc(C(F)(F)F)nc3sc(C(N)=O)c(NC(=O)c4ccc(COc5cccc(OC)c5)o4)c23)c(C)n1. The minimum absolute atomic E-state index is 0.00332. The van der Waals surface area contributed by atoms with Gasteiger partial charge in [-0.05, 0) is 49.7 Å². The van der Waals surface area contributed by atoms with Crippen LogP contribution in [0.15, 0.2) is 53.1 Å². The number of rotatable bonds is 9. The van der Waals surface area contributed by atoms with E-state index < -0.39 is 23.7 Å². The summed E-state index contributed by atoms with van der Waals surface area (Å²) in [5, 5.41) is 7.08. The van der Waals surface area contributed by atoms with Crippen molar-refractivity contribution in [2.24, 2.45) is 5.73 Å². The van der Waals surface area contributed by atoms with Gasteiger partial charge in [-0.25, -0.2) is 4.98 Å². The second-order valence-corrected chi connectivity index (χ2v) is 10.1. The zero-order valence-electron chi connectivity index (χ0n) is 22.5. The van der Waals surface area contributed by atoms with Gasteiger partial charge < -0.3 is 24.9 Å². The predicted molar refractivity (Wildman–Crippen MR) is 149 cm³/mol. The van der Waals surface area contributed by atoms with Crippen LogP contribution in [-0.2, 0) is 19.3 Å². The van der Waals surface area contributed by atoms with E-state index in [0.717, 1.165) is 6.07 Å². The molecular weight excluding hydrogens is 575 g/mol. The number of aromatic nitrogens is 3. The van der Waals surface area contributed by atoms with Crippen molar-refractivity contribution < 1.29 is 36.7 Å². The molecule has 0 saturated heterocycles. The highest BCUT2D eigenvalue weighted by Crippen LogP contribution is 2.44. The van der Waals surface area contributed by atoms with E-state index >= 15 is 0 Å². The van der Waals surface area contributed by atoms with E-state index in [1.165, 1.54) is 13.2 Å². The lowest BCUT2D eigenvalue weighted by Crippen LogP contribution is -2.16. The molecule has 0 bridgehead atoms. The van der Waals surface area contributed by atoms with Crippen molar-refractivity contribution in [3.8, 4) is 22.6 Å². The Morgan fingerprint density at radius 3 is 2.57 bits per heavy atom. The van der Waals surface area contributed by atoms with Crippen molar-refractivity contribution in [1.82, 2.24) is 14.8 Å². The van der Waals surface area contributed by atoms with Gasteiger partial charge in [0.05, 0.1) is 18.5 Å². The molecule has 5 aromatic rings. The zero-order chi connectivity index (χ0) is 30.2. The van der Waals surface area contributed by atoms with Crippen LogP contribution in [-0.4, -0.2) is 33.7 Å². The van der Waals surface area contributed by atoms with E-state index in [-0.39, 0.29) is 38.7 Å². The molecule has 0 radical (unpaired) electrons. The van der Waals surface area contributed by atoms with Crippen LogP contribution in [0, 0.1) is 6.92 Å². The maximum absolute atomic E-state index is 13.8. The number of furan rings is 1. The summed E-state index contributed by atoms with van der Waals surface area (Å²) in [4.78, 5) is 29.1. The van der Waals surface area contributed by atoms with Gasteiger partial charge in [0.15, 0.2) is 5.76 Å². The summed E-state index contributed by atoms with van der Waals surface area (Å²) in [6.07, 6.45) is -3.17. The lowest BCUT2D eigenvalue weighted by Gasteiger charge is -2.11. The van der Waals surface area contributed by atoms with Crippen LogP contribution >= 0.6 is 11.3 Å². The summed E-state index contributed by atoms with van der Waals surface area (Å²) in [6.45, 7) is 3.96. The average molecular weight is 600 g/mol. The van der Waals surface area contributed by atoms with E-state index in [2.05, 4.69) is 15.4 Å². The maximum Gasteiger partial charge on any atom is 0.433 e. The Labute approximate surface area is 240 Å². The molecule has 0 fully saturated rings. The first-order valence-electron chi connectivity index (χ1n) is 12.5. The summed E-state index contributed by atoms with van der Waals surface area (Å²) >= 11 is 0.652. The number of anilines is 1. The van der Waals surface area contributed by atoms with E-state index in [0.29, 0.717) is 46.4 Å². The van der Waals surface area contributed by atoms with E-state index in [9.17, 15) is 22.8 Å². The highest BCUT2D eigenvalue weighted by molar-refractivity contribution is 7.21. The number of hydrogen-bond acceptors (Lipinski definition) is 8. The molecule has 14 heteroatoms. The van der Waals surface area contributed by atoms with Gasteiger partial charge in [-0.2, -0.15) is 18.3 Å². The third kappa shape index (κ3) is 5.65. The standard InChI is InChI=1S/C28H24F3N5O5S/c1-4-36-12-19(14(2)35-36)18-11-21(28(29,30)31)33-27-22(18)23(24(42-27)25(32)37)34-26(38)20-9-8-17(41-20)13-40-16-7-5-6-15(10-16)39-3/h5-12H,4,13H2,1-3H3,(H2,32,37)(H,34,38). The largest absolute Gasteiger partial charge is 0.497 e. The molecule has 4 heterocycles. The monoisotopic (exact) mass is 599 g/mol.